The molecule has 0 saturated carbocycles. The molecule has 3 nitrogen and oxygen atoms in total. The summed E-state index contributed by atoms with van der Waals surface area (Å²) >= 11 is 3.16. The largest absolute Gasteiger partial charge is 0.219 e. The van der Waals surface area contributed by atoms with Crippen molar-refractivity contribution in [3.05, 3.63) is 40.9 Å². The zero-order valence-electron chi connectivity index (χ0n) is 6.48. The second-order valence-corrected chi connectivity index (χ2v) is 3.28. The number of halogens is 2. The van der Waals surface area contributed by atoms with E-state index in [1.807, 2.05) is 0 Å². The summed E-state index contributed by atoms with van der Waals surface area (Å²) in [5.74, 6) is -0.288. The second kappa shape index (κ2) is 3.26. The molecule has 0 spiro atoms. The fourth-order valence-corrected chi connectivity index (χ4v) is 1.25. The van der Waals surface area contributed by atoms with E-state index in [1.165, 1.54) is 16.8 Å². The van der Waals surface area contributed by atoms with E-state index < -0.39 is 0 Å². The molecular formula is C8H5BrFN3. The van der Waals surface area contributed by atoms with Crippen LogP contribution in [0, 0.1) is 5.82 Å². The second-order valence-electron chi connectivity index (χ2n) is 2.47. The van der Waals surface area contributed by atoms with Gasteiger partial charge in [-0.3, -0.25) is 0 Å². The molecule has 5 heteroatoms. The number of benzene rings is 1. The Bertz CT molecular complexity index is 427. The van der Waals surface area contributed by atoms with Gasteiger partial charge in [0.15, 0.2) is 0 Å². The standard InChI is InChI=1S/C8H5BrFN3/c9-8-5-13(12-11-8)7-3-1-2-6(10)4-7/h1-5H. The summed E-state index contributed by atoms with van der Waals surface area (Å²) in [7, 11) is 0. The molecule has 1 aromatic heterocycles. The van der Waals surface area contributed by atoms with Crippen LogP contribution in [0.15, 0.2) is 35.1 Å². The maximum Gasteiger partial charge on any atom is 0.148 e. The molecule has 0 atom stereocenters. The first kappa shape index (κ1) is 8.37. The molecule has 1 aromatic carbocycles. The van der Waals surface area contributed by atoms with Gasteiger partial charge in [0.05, 0.1) is 11.9 Å². The van der Waals surface area contributed by atoms with Crippen LogP contribution in [0.3, 0.4) is 0 Å². The number of rotatable bonds is 1. The molecule has 0 aliphatic heterocycles. The van der Waals surface area contributed by atoms with Gasteiger partial charge in [0.2, 0.25) is 0 Å². The van der Waals surface area contributed by atoms with Crippen LogP contribution in [-0.4, -0.2) is 15.0 Å². The molecule has 0 aliphatic rings. The predicted octanol–water partition coefficient (Wildman–Crippen LogP) is 2.17. The van der Waals surface area contributed by atoms with Crippen LogP contribution in [0.2, 0.25) is 0 Å². The molecule has 0 saturated heterocycles. The van der Waals surface area contributed by atoms with Crippen molar-refractivity contribution in [3.8, 4) is 5.69 Å². The zero-order valence-corrected chi connectivity index (χ0v) is 8.07. The van der Waals surface area contributed by atoms with E-state index in [4.69, 9.17) is 0 Å². The van der Waals surface area contributed by atoms with Gasteiger partial charge in [-0.25, -0.2) is 9.07 Å². The maximum atomic E-state index is 12.8. The lowest BCUT2D eigenvalue weighted by molar-refractivity contribution is 0.625. The number of nitrogens with zero attached hydrogens (tertiary/aromatic N) is 3. The third kappa shape index (κ3) is 1.75. The molecule has 2 rings (SSSR count). The van der Waals surface area contributed by atoms with Crippen molar-refractivity contribution >= 4 is 15.9 Å². The molecule has 1 heterocycles. The summed E-state index contributed by atoms with van der Waals surface area (Å²) in [6.07, 6.45) is 1.66. The van der Waals surface area contributed by atoms with Crippen LogP contribution in [-0.2, 0) is 0 Å². The minimum absolute atomic E-state index is 0.288. The molecular weight excluding hydrogens is 237 g/mol. The Balaban J connectivity index is 2.46. The van der Waals surface area contributed by atoms with Crippen LogP contribution in [0.1, 0.15) is 0 Å². The topological polar surface area (TPSA) is 30.7 Å². The van der Waals surface area contributed by atoms with E-state index in [2.05, 4.69) is 26.2 Å². The van der Waals surface area contributed by atoms with Crippen molar-refractivity contribution in [1.29, 1.82) is 0 Å². The smallest absolute Gasteiger partial charge is 0.148 e. The summed E-state index contributed by atoms with van der Waals surface area (Å²) in [5, 5.41) is 7.51. The normalized spacial score (nSPS) is 10.3. The lowest BCUT2D eigenvalue weighted by Crippen LogP contribution is -1.94. The zero-order chi connectivity index (χ0) is 9.26. The summed E-state index contributed by atoms with van der Waals surface area (Å²) in [6, 6.07) is 6.15. The lowest BCUT2D eigenvalue weighted by atomic mass is 10.3. The van der Waals surface area contributed by atoms with Gasteiger partial charge in [-0.05, 0) is 34.1 Å². The molecule has 0 aliphatic carbocycles. The fourth-order valence-electron chi connectivity index (χ4n) is 0.988. The summed E-state index contributed by atoms with van der Waals surface area (Å²) in [5.41, 5.74) is 0.651. The van der Waals surface area contributed by atoms with Crippen LogP contribution in [0.25, 0.3) is 5.69 Å². The van der Waals surface area contributed by atoms with Gasteiger partial charge in [0.1, 0.15) is 10.4 Å². The Morgan fingerprint density at radius 2 is 2.23 bits per heavy atom. The molecule has 13 heavy (non-hydrogen) atoms. The Hall–Kier alpha value is -1.23. The van der Waals surface area contributed by atoms with Crippen LogP contribution < -0.4 is 0 Å². The first-order chi connectivity index (χ1) is 6.25. The summed E-state index contributed by atoms with van der Waals surface area (Å²) < 4.78 is 14.9. The Morgan fingerprint density at radius 3 is 2.85 bits per heavy atom. The van der Waals surface area contributed by atoms with Crippen molar-refractivity contribution < 1.29 is 4.39 Å². The average molecular weight is 242 g/mol. The van der Waals surface area contributed by atoms with Gasteiger partial charge < -0.3 is 0 Å². The van der Waals surface area contributed by atoms with E-state index in [-0.39, 0.29) is 5.82 Å². The molecule has 0 N–H and O–H groups in total. The van der Waals surface area contributed by atoms with Crippen molar-refractivity contribution in [1.82, 2.24) is 15.0 Å². The van der Waals surface area contributed by atoms with Crippen LogP contribution in [0.4, 0.5) is 4.39 Å². The van der Waals surface area contributed by atoms with Gasteiger partial charge in [-0.2, -0.15) is 0 Å². The highest BCUT2D eigenvalue weighted by Gasteiger charge is 2.00. The number of hydrogen-bond donors (Lipinski definition) is 0. The van der Waals surface area contributed by atoms with E-state index in [0.717, 1.165) is 0 Å². The highest BCUT2D eigenvalue weighted by molar-refractivity contribution is 9.10. The quantitative estimate of drug-likeness (QED) is 0.767. The van der Waals surface area contributed by atoms with Gasteiger partial charge >= 0.3 is 0 Å². The molecule has 0 radical (unpaired) electrons. The molecule has 66 valence electrons. The average Bonchev–Trinajstić information content (AvgIpc) is 2.52. The third-order valence-electron chi connectivity index (χ3n) is 1.54. The van der Waals surface area contributed by atoms with Crippen molar-refractivity contribution in [2.24, 2.45) is 0 Å². The van der Waals surface area contributed by atoms with E-state index in [9.17, 15) is 4.39 Å². The first-order valence-electron chi connectivity index (χ1n) is 3.59. The van der Waals surface area contributed by atoms with Crippen molar-refractivity contribution in [3.63, 3.8) is 0 Å². The van der Waals surface area contributed by atoms with Gasteiger partial charge in [0, 0.05) is 0 Å². The monoisotopic (exact) mass is 241 g/mol. The van der Waals surface area contributed by atoms with Crippen LogP contribution in [0.5, 0.6) is 0 Å². The molecule has 0 unspecified atom stereocenters. The van der Waals surface area contributed by atoms with E-state index >= 15 is 0 Å². The highest BCUT2D eigenvalue weighted by Crippen LogP contribution is 2.10. The van der Waals surface area contributed by atoms with Gasteiger partial charge in [-0.1, -0.05) is 11.3 Å². The molecule has 0 amide bonds. The maximum absolute atomic E-state index is 12.8. The van der Waals surface area contributed by atoms with Gasteiger partial charge in [-0.15, -0.1) is 5.10 Å². The molecule has 2 aromatic rings. The van der Waals surface area contributed by atoms with Crippen LogP contribution >= 0.6 is 15.9 Å². The molecule has 0 fully saturated rings. The Morgan fingerprint density at radius 1 is 1.38 bits per heavy atom. The Kier molecular flexibility index (Phi) is 2.10. The number of hydrogen-bond acceptors (Lipinski definition) is 2. The first-order valence-corrected chi connectivity index (χ1v) is 4.39. The summed E-state index contributed by atoms with van der Waals surface area (Å²) in [4.78, 5) is 0. The lowest BCUT2D eigenvalue weighted by Gasteiger charge is -1.97. The Labute approximate surface area is 82.3 Å². The summed E-state index contributed by atoms with van der Waals surface area (Å²) in [6.45, 7) is 0. The van der Waals surface area contributed by atoms with Gasteiger partial charge in [0.25, 0.3) is 0 Å². The van der Waals surface area contributed by atoms with Crippen molar-refractivity contribution in [2.75, 3.05) is 0 Å². The fraction of sp³-hybridized carbons (Fsp3) is 0. The SMILES string of the molecule is Fc1cccc(-n2cc(Br)nn2)c1. The third-order valence-corrected chi connectivity index (χ3v) is 1.90. The van der Waals surface area contributed by atoms with Crippen molar-refractivity contribution in [2.45, 2.75) is 0 Å². The number of aromatic nitrogens is 3. The minimum atomic E-state index is -0.288. The van der Waals surface area contributed by atoms with E-state index in [1.54, 1.807) is 18.3 Å². The minimum Gasteiger partial charge on any atom is -0.219 e. The predicted molar refractivity (Wildman–Crippen MR) is 49.0 cm³/mol. The van der Waals surface area contributed by atoms with E-state index in [0.29, 0.717) is 10.3 Å². The highest BCUT2D eigenvalue weighted by atomic mass is 79.9. The molecule has 0 bridgehead atoms.